The molecule has 1 saturated heterocycles. The molecule has 0 spiro atoms. The number of aromatic nitrogens is 4. The Balaban J connectivity index is 1.55. The van der Waals surface area contributed by atoms with Crippen molar-refractivity contribution in [2.45, 2.75) is 18.9 Å². The van der Waals surface area contributed by atoms with Gasteiger partial charge >= 0.3 is 5.97 Å². The average molecular weight is 448 g/mol. The van der Waals surface area contributed by atoms with Crippen molar-refractivity contribution in [3.63, 3.8) is 0 Å². The Labute approximate surface area is 189 Å². The highest BCUT2D eigenvalue weighted by Crippen LogP contribution is 2.26. The minimum Gasteiger partial charge on any atom is -0.487 e. The van der Waals surface area contributed by atoms with E-state index in [1.54, 1.807) is 18.2 Å². The first kappa shape index (κ1) is 21.9. The monoisotopic (exact) mass is 448 g/mol. The maximum atomic E-state index is 11.2. The van der Waals surface area contributed by atoms with Gasteiger partial charge in [-0.25, -0.2) is 19.7 Å². The van der Waals surface area contributed by atoms with E-state index >= 15 is 0 Å². The van der Waals surface area contributed by atoms with Crippen molar-refractivity contribution in [3.8, 4) is 29.1 Å². The summed E-state index contributed by atoms with van der Waals surface area (Å²) in [6.07, 6.45) is 3.05. The SMILES string of the molecule is COc1nc(Nc2nccc(-c3ccc(OC4CCOCC4)c(C#N)n3)n2)ccc1C(=O)O. The van der Waals surface area contributed by atoms with Gasteiger partial charge < -0.3 is 24.6 Å². The number of rotatable bonds is 7. The van der Waals surface area contributed by atoms with Crippen LogP contribution in [-0.4, -0.2) is 57.4 Å². The Bertz CT molecular complexity index is 1210. The van der Waals surface area contributed by atoms with Gasteiger partial charge in [-0.2, -0.15) is 10.2 Å². The highest BCUT2D eigenvalue weighted by atomic mass is 16.5. The third-order valence-corrected chi connectivity index (χ3v) is 4.87. The molecule has 1 aliphatic heterocycles. The van der Waals surface area contributed by atoms with Crippen LogP contribution < -0.4 is 14.8 Å². The average Bonchev–Trinajstić information content (AvgIpc) is 2.85. The van der Waals surface area contributed by atoms with Gasteiger partial charge in [0.15, 0.2) is 11.4 Å². The number of nitriles is 1. The fourth-order valence-corrected chi connectivity index (χ4v) is 3.24. The largest absolute Gasteiger partial charge is 0.487 e. The van der Waals surface area contributed by atoms with E-state index < -0.39 is 5.97 Å². The number of nitrogens with one attached hydrogen (secondary N) is 1. The van der Waals surface area contributed by atoms with Crippen LogP contribution >= 0.6 is 0 Å². The van der Waals surface area contributed by atoms with Gasteiger partial charge in [0.2, 0.25) is 11.8 Å². The third-order valence-electron chi connectivity index (χ3n) is 4.87. The molecule has 0 bridgehead atoms. The number of aromatic carboxylic acids is 1. The number of methoxy groups -OCH3 is 1. The van der Waals surface area contributed by atoms with Crippen molar-refractivity contribution < 1.29 is 24.1 Å². The summed E-state index contributed by atoms with van der Waals surface area (Å²) in [6, 6.07) is 10.0. The molecule has 3 aromatic heterocycles. The lowest BCUT2D eigenvalue weighted by Crippen LogP contribution is -2.26. The highest BCUT2D eigenvalue weighted by molar-refractivity contribution is 5.90. The van der Waals surface area contributed by atoms with Crippen molar-refractivity contribution in [1.82, 2.24) is 19.9 Å². The molecule has 0 amide bonds. The summed E-state index contributed by atoms with van der Waals surface area (Å²) in [4.78, 5) is 28.3. The summed E-state index contributed by atoms with van der Waals surface area (Å²) in [5, 5.41) is 21.7. The minimum absolute atomic E-state index is 0.00893. The number of carboxylic acid groups (broad SMARTS) is 1. The number of nitrogens with zero attached hydrogens (tertiary/aromatic N) is 5. The number of hydrogen-bond acceptors (Lipinski definition) is 10. The van der Waals surface area contributed by atoms with Crippen LogP contribution in [0, 0.1) is 11.3 Å². The normalized spacial score (nSPS) is 13.7. The van der Waals surface area contributed by atoms with E-state index in [-0.39, 0.29) is 29.2 Å². The van der Waals surface area contributed by atoms with Crippen molar-refractivity contribution in [2.75, 3.05) is 25.6 Å². The van der Waals surface area contributed by atoms with Crippen LogP contribution in [0.3, 0.4) is 0 Å². The van der Waals surface area contributed by atoms with Gasteiger partial charge in [0.05, 0.1) is 31.7 Å². The molecule has 11 nitrogen and oxygen atoms in total. The Hall–Kier alpha value is -4.30. The van der Waals surface area contributed by atoms with Gasteiger partial charge in [-0.15, -0.1) is 0 Å². The fourth-order valence-electron chi connectivity index (χ4n) is 3.24. The summed E-state index contributed by atoms with van der Waals surface area (Å²) in [5.74, 6) is -0.236. The predicted octanol–water partition coefficient (Wildman–Crippen LogP) is 2.81. The lowest BCUT2D eigenvalue weighted by atomic mass is 10.1. The molecule has 4 heterocycles. The van der Waals surface area contributed by atoms with Gasteiger partial charge in [-0.1, -0.05) is 0 Å². The second kappa shape index (κ2) is 9.88. The molecule has 0 atom stereocenters. The number of anilines is 2. The van der Waals surface area contributed by atoms with Crippen LogP contribution in [0.2, 0.25) is 0 Å². The first-order chi connectivity index (χ1) is 16.1. The summed E-state index contributed by atoms with van der Waals surface area (Å²) >= 11 is 0. The number of pyridine rings is 2. The van der Waals surface area contributed by atoms with E-state index in [9.17, 15) is 15.2 Å². The molecule has 168 valence electrons. The zero-order valence-corrected chi connectivity index (χ0v) is 17.7. The van der Waals surface area contributed by atoms with Crippen LogP contribution in [0.25, 0.3) is 11.4 Å². The maximum Gasteiger partial charge on any atom is 0.341 e. The molecule has 0 saturated carbocycles. The van der Waals surface area contributed by atoms with E-state index in [0.717, 1.165) is 12.8 Å². The van der Waals surface area contributed by atoms with Gasteiger partial charge in [-0.3, -0.25) is 0 Å². The molecule has 0 unspecified atom stereocenters. The molecule has 0 radical (unpaired) electrons. The molecule has 3 aromatic rings. The standard InChI is InChI=1S/C22H20N6O5/c1-31-20-14(21(29)30)2-5-19(27-20)28-22-24-9-6-16(26-22)15-3-4-18(17(12-23)25-15)33-13-7-10-32-11-8-13/h2-6,9,13H,7-8,10-11H2,1H3,(H,29,30)(H,24,26,27,28). The molecule has 2 N–H and O–H groups in total. The van der Waals surface area contributed by atoms with Gasteiger partial charge in [0, 0.05) is 19.0 Å². The van der Waals surface area contributed by atoms with Crippen LogP contribution in [0.1, 0.15) is 28.9 Å². The lowest BCUT2D eigenvalue weighted by molar-refractivity contribution is 0.0253. The summed E-state index contributed by atoms with van der Waals surface area (Å²) in [7, 11) is 1.34. The minimum atomic E-state index is -1.15. The maximum absolute atomic E-state index is 11.2. The zero-order valence-electron chi connectivity index (χ0n) is 17.7. The molecule has 11 heteroatoms. The van der Waals surface area contributed by atoms with Crippen LogP contribution in [0.4, 0.5) is 11.8 Å². The first-order valence-corrected chi connectivity index (χ1v) is 10.1. The molecule has 0 aromatic carbocycles. The second-order valence-corrected chi connectivity index (χ2v) is 7.03. The summed E-state index contributed by atoms with van der Waals surface area (Å²) < 4.78 is 16.3. The molecule has 33 heavy (non-hydrogen) atoms. The fraction of sp³-hybridized carbons (Fsp3) is 0.273. The van der Waals surface area contributed by atoms with Crippen molar-refractivity contribution in [3.05, 3.63) is 47.8 Å². The van der Waals surface area contributed by atoms with Crippen molar-refractivity contribution in [2.24, 2.45) is 0 Å². The Morgan fingerprint density at radius 2 is 1.94 bits per heavy atom. The number of carboxylic acids is 1. The van der Waals surface area contributed by atoms with E-state index in [1.165, 1.54) is 25.4 Å². The molecule has 1 fully saturated rings. The van der Waals surface area contributed by atoms with Gasteiger partial charge in [0.1, 0.15) is 23.6 Å². The smallest absolute Gasteiger partial charge is 0.341 e. The van der Waals surface area contributed by atoms with Crippen molar-refractivity contribution in [1.29, 1.82) is 5.26 Å². The first-order valence-electron chi connectivity index (χ1n) is 10.1. The van der Waals surface area contributed by atoms with Crippen LogP contribution in [-0.2, 0) is 4.74 Å². The van der Waals surface area contributed by atoms with Gasteiger partial charge in [-0.05, 0) is 30.3 Å². The quantitative estimate of drug-likeness (QED) is 0.548. The lowest BCUT2D eigenvalue weighted by Gasteiger charge is -2.23. The molecular weight excluding hydrogens is 428 g/mol. The van der Waals surface area contributed by atoms with E-state index in [2.05, 4.69) is 31.3 Å². The zero-order chi connectivity index (χ0) is 23.2. The summed E-state index contributed by atoms with van der Waals surface area (Å²) in [5.41, 5.74) is 1.07. The molecular formula is C22H20N6O5. The number of ether oxygens (including phenoxy) is 3. The van der Waals surface area contributed by atoms with E-state index in [1.807, 2.05) is 0 Å². The van der Waals surface area contributed by atoms with E-state index in [0.29, 0.717) is 36.2 Å². The molecule has 1 aliphatic rings. The second-order valence-electron chi connectivity index (χ2n) is 7.03. The highest BCUT2D eigenvalue weighted by Gasteiger charge is 2.18. The third kappa shape index (κ3) is 5.13. The molecule has 4 rings (SSSR count). The Morgan fingerprint density at radius 3 is 2.67 bits per heavy atom. The van der Waals surface area contributed by atoms with E-state index in [4.69, 9.17) is 14.2 Å². The van der Waals surface area contributed by atoms with Crippen LogP contribution in [0.15, 0.2) is 36.5 Å². The number of carbonyl (C=O) groups is 1. The number of hydrogen-bond donors (Lipinski definition) is 2. The van der Waals surface area contributed by atoms with Crippen LogP contribution in [0.5, 0.6) is 11.6 Å². The van der Waals surface area contributed by atoms with Gasteiger partial charge in [0.25, 0.3) is 0 Å². The topological polar surface area (TPSA) is 152 Å². The summed E-state index contributed by atoms with van der Waals surface area (Å²) in [6.45, 7) is 1.27. The molecule has 0 aliphatic carbocycles. The Morgan fingerprint density at radius 1 is 1.15 bits per heavy atom. The Kier molecular flexibility index (Phi) is 6.56. The van der Waals surface area contributed by atoms with Crippen molar-refractivity contribution >= 4 is 17.7 Å². The predicted molar refractivity (Wildman–Crippen MR) is 115 cm³/mol.